The zero-order chi connectivity index (χ0) is 20.1. The van der Waals surface area contributed by atoms with Gasteiger partial charge in [-0.1, -0.05) is 60.2 Å². The molecule has 5 heteroatoms. The first-order valence-electron chi connectivity index (χ1n) is 9.29. The van der Waals surface area contributed by atoms with Gasteiger partial charge in [-0.25, -0.2) is 4.99 Å². The Bertz CT molecular complexity index is 1060. The van der Waals surface area contributed by atoms with Gasteiger partial charge in [0.05, 0.1) is 10.6 Å². The molecule has 1 heterocycles. The Balaban J connectivity index is 1.41. The SMILES string of the molecule is Cc1ccc(N=C2NC(=O)/C(=C/c3ccc(OCc4ccccc4)cc3)S2)cc1. The predicted octanol–water partition coefficient (Wildman–Crippen LogP) is 5.47. The first-order chi connectivity index (χ1) is 14.2. The highest BCUT2D eigenvalue weighted by atomic mass is 32.2. The molecule has 4 rings (SSSR count). The highest BCUT2D eigenvalue weighted by Gasteiger charge is 2.23. The van der Waals surface area contributed by atoms with E-state index in [-0.39, 0.29) is 5.91 Å². The van der Waals surface area contributed by atoms with Gasteiger partial charge in [-0.3, -0.25) is 4.79 Å². The molecule has 0 unspecified atom stereocenters. The standard InChI is InChI=1S/C24H20N2O2S/c1-17-7-11-20(12-8-17)25-24-26-23(27)22(29-24)15-18-9-13-21(14-10-18)28-16-19-5-3-2-4-6-19/h2-15H,16H2,1H3,(H,25,26,27)/b22-15-. The van der Waals surface area contributed by atoms with Crippen molar-refractivity contribution < 1.29 is 9.53 Å². The minimum Gasteiger partial charge on any atom is -0.489 e. The molecule has 0 radical (unpaired) electrons. The van der Waals surface area contributed by atoms with E-state index in [0.717, 1.165) is 22.6 Å². The fourth-order valence-corrected chi connectivity index (χ4v) is 3.61. The second-order valence-electron chi connectivity index (χ2n) is 6.66. The van der Waals surface area contributed by atoms with Gasteiger partial charge in [0, 0.05) is 0 Å². The second-order valence-corrected chi connectivity index (χ2v) is 7.69. The quantitative estimate of drug-likeness (QED) is 0.578. The van der Waals surface area contributed by atoms with Gasteiger partial charge in [0.1, 0.15) is 12.4 Å². The highest BCUT2D eigenvalue weighted by Crippen LogP contribution is 2.28. The number of hydrogen-bond donors (Lipinski definition) is 1. The van der Waals surface area contributed by atoms with Crippen molar-refractivity contribution in [2.24, 2.45) is 4.99 Å². The lowest BCUT2D eigenvalue weighted by molar-refractivity contribution is -0.115. The molecule has 1 saturated heterocycles. The Morgan fingerprint density at radius 2 is 1.69 bits per heavy atom. The molecule has 1 N–H and O–H groups in total. The van der Waals surface area contributed by atoms with Crippen molar-refractivity contribution in [2.75, 3.05) is 0 Å². The third-order valence-corrected chi connectivity index (χ3v) is 5.25. The van der Waals surface area contributed by atoms with Crippen molar-refractivity contribution in [2.45, 2.75) is 13.5 Å². The average molecular weight is 401 g/mol. The summed E-state index contributed by atoms with van der Waals surface area (Å²) in [6, 6.07) is 25.6. The van der Waals surface area contributed by atoms with E-state index in [9.17, 15) is 4.79 Å². The molecule has 144 valence electrons. The summed E-state index contributed by atoms with van der Waals surface area (Å²) in [5, 5.41) is 3.41. The molecular weight excluding hydrogens is 380 g/mol. The molecule has 1 aliphatic heterocycles. The van der Waals surface area contributed by atoms with E-state index in [1.807, 2.05) is 91.9 Å². The molecule has 4 nitrogen and oxygen atoms in total. The molecule has 0 aromatic heterocycles. The normalized spacial score (nSPS) is 16.2. The van der Waals surface area contributed by atoms with Gasteiger partial charge in [0.15, 0.2) is 5.17 Å². The van der Waals surface area contributed by atoms with Gasteiger partial charge >= 0.3 is 0 Å². The van der Waals surface area contributed by atoms with Gasteiger partial charge in [-0.15, -0.1) is 0 Å². The fourth-order valence-electron chi connectivity index (χ4n) is 2.77. The van der Waals surface area contributed by atoms with Crippen LogP contribution in [0.2, 0.25) is 0 Å². The first kappa shape index (κ1) is 19.0. The monoisotopic (exact) mass is 400 g/mol. The second kappa shape index (κ2) is 8.80. The number of hydrogen-bond acceptors (Lipinski definition) is 4. The maximum atomic E-state index is 12.3. The Labute approximate surface area is 174 Å². The van der Waals surface area contributed by atoms with Crippen molar-refractivity contribution in [1.82, 2.24) is 5.32 Å². The van der Waals surface area contributed by atoms with Crippen LogP contribution >= 0.6 is 11.8 Å². The third kappa shape index (κ3) is 5.15. The van der Waals surface area contributed by atoms with Crippen LogP contribution in [-0.4, -0.2) is 11.1 Å². The topological polar surface area (TPSA) is 50.7 Å². The van der Waals surface area contributed by atoms with E-state index in [2.05, 4.69) is 10.3 Å². The maximum absolute atomic E-state index is 12.3. The average Bonchev–Trinajstić information content (AvgIpc) is 3.08. The molecule has 1 fully saturated rings. The maximum Gasteiger partial charge on any atom is 0.264 e. The van der Waals surface area contributed by atoms with Crippen molar-refractivity contribution in [3.63, 3.8) is 0 Å². The van der Waals surface area contributed by atoms with Crippen LogP contribution in [0.15, 0.2) is 88.8 Å². The first-order valence-corrected chi connectivity index (χ1v) is 10.1. The van der Waals surface area contributed by atoms with Crippen LogP contribution in [0.4, 0.5) is 5.69 Å². The van der Waals surface area contributed by atoms with E-state index >= 15 is 0 Å². The molecule has 1 amide bonds. The molecule has 0 bridgehead atoms. The molecule has 0 aliphatic carbocycles. The minimum absolute atomic E-state index is 0.134. The number of thioether (sulfide) groups is 1. The van der Waals surface area contributed by atoms with Gasteiger partial charge in [0.25, 0.3) is 5.91 Å². The molecule has 1 aliphatic rings. The van der Waals surface area contributed by atoms with Gasteiger partial charge in [0.2, 0.25) is 0 Å². The molecular formula is C24H20N2O2S. The number of rotatable bonds is 5. The van der Waals surface area contributed by atoms with Gasteiger partial charge in [-0.05, 0) is 60.2 Å². The lowest BCUT2D eigenvalue weighted by atomic mass is 10.2. The zero-order valence-corrected chi connectivity index (χ0v) is 16.8. The number of ether oxygens (including phenoxy) is 1. The third-order valence-electron chi connectivity index (χ3n) is 4.34. The summed E-state index contributed by atoms with van der Waals surface area (Å²) in [5.74, 6) is 0.659. The van der Waals surface area contributed by atoms with Crippen molar-refractivity contribution >= 4 is 34.6 Å². The van der Waals surface area contributed by atoms with Crippen LogP contribution < -0.4 is 10.1 Å². The zero-order valence-electron chi connectivity index (χ0n) is 16.0. The van der Waals surface area contributed by atoms with Crippen LogP contribution in [0.25, 0.3) is 6.08 Å². The van der Waals surface area contributed by atoms with Crippen LogP contribution in [0, 0.1) is 6.92 Å². The predicted molar refractivity (Wildman–Crippen MR) is 119 cm³/mol. The Hall–Kier alpha value is -3.31. The van der Waals surface area contributed by atoms with Gasteiger partial charge in [-0.2, -0.15) is 0 Å². The Kier molecular flexibility index (Phi) is 5.77. The van der Waals surface area contributed by atoms with Crippen LogP contribution in [-0.2, 0) is 11.4 Å². The number of amides is 1. The number of nitrogens with one attached hydrogen (secondary N) is 1. The Morgan fingerprint density at radius 3 is 2.41 bits per heavy atom. The number of aryl methyl sites for hydroxylation is 1. The summed E-state index contributed by atoms with van der Waals surface area (Å²) in [6.45, 7) is 2.56. The Morgan fingerprint density at radius 1 is 0.966 bits per heavy atom. The van der Waals surface area contributed by atoms with Crippen LogP contribution in [0.3, 0.4) is 0 Å². The number of amidine groups is 1. The van der Waals surface area contributed by atoms with E-state index in [1.54, 1.807) is 0 Å². The summed E-state index contributed by atoms with van der Waals surface area (Å²) >= 11 is 1.34. The highest BCUT2D eigenvalue weighted by molar-refractivity contribution is 8.18. The minimum atomic E-state index is -0.134. The van der Waals surface area contributed by atoms with E-state index < -0.39 is 0 Å². The van der Waals surface area contributed by atoms with Crippen LogP contribution in [0.5, 0.6) is 5.75 Å². The summed E-state index contributed by atoms with van der Waals surface area (Å²) in [6.07, 6.45) is 1.86. The van der Waals surface area contributed by atoms with Crippen molar-refractivity contribution in [1.29, 1.82) is 0 Å². The summed E-state index contributed by atoms with van der Waals surface area (Å²) in [5.41, 5.74) is 4.05. The number of aliphatic imine (C=N–C) groups is 1. The van der Waals surface area contributed by atoms with Gasteiger partial charge < -0.3 is 10.1 Å². The molecule has 29 heavy (non-hydrogen) atoms. The van der Waals surface area contributed by atoms with Crippen molar-refractivity contribution in [3.8, 4) is 5.75 Å². The van der Waals surface area contributed by atoms with E-state index in [4.69, 9.17) is 4.74 Å². The fraction of sp³-hybridized carbons (Fsp3) is 0.0833. The lowest BCUT2D eigenvalue weighted by Gasteiger charge is -2.06. The van der Waals surface area contributed by atoms with E-state index in [1.165, 1.54) is 17.3 Å². The number of carbonyl (C=O) groups is 1. The van der Waals surface area contributed by atoms with Crippen LogP contribution in [0.1, 0.15) is 16.7 Å². The summed E-state index contributed by atoms with van der Waals surface area (Å²) < 4.78 is 5.81. The smallest absolute Gasteiger partial charge is 0.264 e. The number of nitrogens with zero attached hydrogens (tertiary/aromatic N) is 1. The number of benzene rings is 3. The summed E-state index contributed by atoms with van der Waals surface area (Å²) in [7, 11) is 0. The molecule has 0 saturated carbocycles. The molecule has 0 atom stereocenters. The molecule has 3 aromatic rings. The molecule has 3 aromatic carbocycles. The lowest BCUT2D eigenvalue weighted by Crippen LogP contribution is -2.19. The van der Waals surface area contributed by atoms with Crippen molar-refractivity contribution in [3.05, 3.63) is 100 Å². The number of carbonyl (C=O) groups excluding carboxylic acids is 1. The largest absolute Gasteiger partial charge is 0.489 e. The molecule has 0 spiro atoms. The summed E-state index contributed by atoms with van der Waals surface area (Å²) in [4.78, 5) is 17.4. The van der Waals surface area contributed by atoms with E-state index in [0.29, 0.717) is 16.7 Å².